The molecule has 1 saturated carbocycles. The Hall–Kier alpha value is -7.72. The van der Waals surface area contributed by atoms with Gasteiger partial charge in [-0.15, -0.1) is 21.5 Å². The highest BCUT2D eigenvalue weighted by atomic mass is 32.1. The number of pyridine rings is 1. The number of thiazole rings is 1. The number of aryl methyl sites for hydroxylation is 1. The SMILES string of the molecule is Cc1ncsc1-c1ccc([C@H](CC(=O)N2CCC(CN3CCC(OC4CC(Oc5cc(N6C7CCC6CN(c6cc(-c8ccccc8O)nnc6N)C7)ccn5)C4)CC3)CC2)NC(=O)[C@@H]2C[C@@H](O)CN2C(=O)[C@H](C(C)C)N2Cc3ccccc3C2=O)cc1. The number of hydrogen-bond donors (Lipinski definition) is 4. The second kappa shape index (κ2) is 25.4. The third-order valence-electron chi connectivity index (χ3n) is 19.5. The molecule has 0 spiro atoms. The third kappa shape index (κ3) is 12.4. The lowest BCUT2D eigenvalue weighted by Crippen LogP contribution is -2.55. The van der Waals surface area contributed by atoms with Crippen molar-refractivity contribution in [2.24, 2.45) is 11.8 Å². The highest BCUT2D eigenvalue weighted by Gasteiger charge is 2.47. The fourth-order valence-corrected chi connectivity index (χ4v) is 15.6. The van der Waals surface area contributed by atoms with E-state index in [-0.39, 0.29) is 79.2 Å². The molecule has 0 radical (unpaired) electrons. The van der Waals surface area contributed by atoms with Crippen LogP contribution in [0.2, 0.25) is 0 Å². The fraction of sp³-hybridized carbons (Fsp3) is 0.493. The first-order valence-corrected chi connectivity index (χ1v) is 32.5. The molecule has 2 unspecified atom stereocenters. The molecule has 6 fully saturated rings. The van der Waals surface area contributed by atoms with E-state index in [1.54, 1.807) is 34.4 Å². The van der Waals surface area contributed by atoms with Gasteiger partial charge in [-0.2, -0.15) is 0 Å². The summed E-state index contributed by atoms with van der Waals surface area (Å²) in [4.78, 5) is 79.7. The maximum Gasteiger partial charge on any atom is 0.255 e. The summed E-state index contributed by atoms with van der Waals surface area (Å²) in [5.74, 6) is 0.300. The number of fused-ring (bicyclic) bond motifs is 3. The maximum atomic E-state index is 14.6. The number of anilines is 3. The van der Waals surface area contributed by atoms with Crippen LogP contribution in [0, 0.1) is 18.8 Å². The van der Waals surface area contributed by atoms with Gasteiger partial charge in [-0.3, -0.25) is 19.2 Å². The number of benzene rings is 3. The van der Waals surface area contributed by atoms with E-state index in [4.69, 9.17) is 15.2 Å². The molecule has 88 heavy (non-hydrogen) atoms. The average molecular weight is 1210 g/mol. The van der Waals surface area contributed by atoms with Crippen LogP contribution in [0.25, 0.3) is 21.7 Å². The molecule has 20 nitrogen and oxygen atoms in total. The molecule has 1 aliphatic carbocycles. The topological polar surface area (TPSA) is 236 Å². The van der Waals surface area contributed by atoms with Gasteiger partial charge >= 0.3 is 0 Å². The number of amides is 4. The molecular formula is C67H80N12O8S. The molecule has 4 amide bonds. The number of nitrogens with two attached hydrogens (primary N) is 1. The second-order valence-corrected chi connectivity index (χ2v) is 26.5. The standard InChI is InChI=1S/C67H80N12O8S/c1-40(2)62(78-35-45-8-4-5-9-53(45)66(78)84)67(85)77-38-49(80)29-58(77)65(83)71-55(43-12-14-44(15-13-43)63-41(3)70-39-88-63)33-61(82)75-26-19-42(20-27-75)34-74-24-21-50(22-25-74)86-51-30-52(31-51)87-60-28-46(18-23-69-60)79-47-16-17-48(79)37-76(36-47)57-32-56(72-73-64(57)68)54-10-6-7-11-59(54)81/h4-15,18,23,28,32,39-40,42,47-52,55,58,62,80-81H,16-17,19-22,24-27,29-31,33-38H2,1-3H3,(H2,68,73)(H,71,83)/t47?,48?,49-,51?,52?,55+,58+,62+/m1/s1. The van der Waals surface area contributed by atoms with Crippen LogP contribution in [-0.4, -0.2) is 175 Å². The van der Waals surface area contributed by atoms with E-state index in [1.807, 2.05) is 98.0 Å². The van der Waals surface area contributed by atoms with Crippen molar-refractivity contribution in [2.75, 3.05) is 67.9 Å². The Bertz CT molecular complexity index is 3500. The fourth-order valence-electron chi connectivity index (χ4n) is 14.8. The largest absolute Gasteiger partial charge is 0.507 e. The first-order valence-electron chi connectivity index (χ1n) is 31.6. The quantitative estimate of drug-likeness (QED) is 0.0647. The predicted octanol–water partition coefficient (Wildman–Crippen LogP) is 7.64. The second-order valence-electron chi connectivity index (χ2n) is 25.7. The number of nitrogen functional groups attached to an aromatic ring is 1. The molecular weight excluding hydrogens is 1130 g/mol. The molecule has 7 aliphatic rings. The van der Waals surface area contributed by atoms with Crippen molar-refractivity contribution >= 4 is 52.2 Å². The number of carbonyl (C=O) groups is 4. The summed E-state index contributed by atoms with van der Waals surface area (Å²) >= 11 is 1.56. The minimum absolute atomic E-state index is 0.0333. The van der Waals surface area contributed by atoms with Crippen molar-refractivity contribution in [1.29, 1.82) is 0 Å². The number of nitrogens with zero attached hydrogens (tertiary/aromatic N) is 10. The van der Waals surface area contributed by atoms with Crippen LogP contribution in [-0.2, 0) is 25.7 Å². The van der Waals surface area contributed by atoms with E-state index in [1.165, 1.54) is 4.90 Å². The van der Waals surface area contributed by atoms with Crippen LogP contribution in [0.3, 0.4) is 0 Å². The number of phenols is 1. The lowest BCUT2D eigenvalue weighted by atomic mass is 9.91. The first kappa shape index (κ1) is 59.3. The molecule has 6 aliphatic heterocycles. The van der Waals surface area contributed by atoms with Gasteiger partial charge < -0.3 is 60.1 Å². The monoisotopic (exact) mass is 1210 g/mol. The summed E-state index contributed by atoms with van der Waals surface area (Å²) in [5.41, 5.74) is 15.5. The molecule has 13 rings (SSSR count). The molecule has 6 atom stereocenters. The Morgan fingerprint density at radius 2 is 1.53 bits per heavy atom. The highest BCUT2D eigenvalue weighted by molar-refractivity contribution is 7.13. The van der Waals surface area contributed by atoms with Crippen molar-refractivity contribution in [3.8, 4) is 33.3 Å². The molecule has 2 bridgehead atoms. The number of β-amino-alcohol motifs (C(OH)–C–C–N with tert-alkyl or cyclic N) is 1. The zero-order chi connectivity index (χ0) is 60.7. The Balaban J connectivity index is 0.566. The highest BCUT2D eigenvalue weighted by Crippen LogP contribution is 2.41. The van der Waals surface area contributed by atoms with Crippen molar-refractivity contribution < 1.29 is 38.9 Å². The van der Waals surface area contributed by atoms with Gasteiger partial charge in [0.25, 0.3) is 5.91 Å². The van der Waals surface area contributed by atoms with Crippen molar-refractivity contribution in [1.82, 2.24) is 45.1 Å². The first-order chi connectivity index (χ1) is 42.7. The zero-order valence-corrected chi connectivity index (χ0v) is 51.2. The minimum Gasteiger partial charge on any atom is -0.507 e. The third-order valence-corrected chi connectivity index (χ3v) is 20.5. The molecule has 6 aromatic rings. The smallest absolute Gasteiger partial charge is 0.255 e. The number of rotatable bonds is 18. The number of aliphatic hydroxyl groups is 1. The Morgan fingerprint density at radius 3 is 2.24 bits per heavy atom. The molecule has 9 heterocycles. The molecule has 5 saturated heterocycles. The predicted molar refractivity (Wildman–Crippen MR) is 335 cm³/mol. The molecule has 462 valence electrons. The molecule has 3 aromatic carbocycles. The van der Waals surface area contributed by atoms with Crippen LogP contribution >= 0.6 is 11.3 Å². The van der Waals surface area contributed by atoms with Gasteiger partial charge in [-0.1, -0.05) is 68.4 Å². The van der Waals surface area contributed by atoms with E-state index in [0.717, 1.165) is 123 Å². The number of nitrogens with one attached hydrogen (secondary N) is 1. The number of piperidine rings is 2. The number of aliphatic hydroxyl groups excluding tert-OH is 1. The number of carbonyl (C=O) groups excluding carboxylic acids is 4. The van der Waals surface area contributed by atoms with Crippen molar-refractivity contribution in [3.63, 3.8) is 0 Å². The Morgan fingerprint density at radius 1 is 0.807 bits per heavy atom. The van der Waals surface area contributed by atoms with Gasteiger partial charge in [0.1, 0.15) is 23.9 Å². The number of ether oxygens (including phenoxy) is 2. The maximum absolute atomic E-state index is 14.6. The van der Waals surface area contributed by atoms with Gasteiger partial charge in [0, 0.05) is 119 Å². The van der Waals surface area contributed by atoms with Crippen LogP contribution in [0.15, 0.2) is 103 Å². The summed E-state index contributed by atoms with van der Waals surface area (Å²) in [6, 6.07) is 26.6. The normalized spacial score (nSPS) is 24.0. The zero-order valence-electron chi connectivity index (χ0n) is 50.4. The van der Waals surface area contributed by atoms with Crippen LogP contribution < -0.4 is 25.6 Å². The minimum atomic E-state index is -0.990. The number of phenolic OH excluding ortho intramolecular Hbond substituents is 1. The van der Waals surface area contributed by atoms with Gasteiger partial charge in [-0.25, -0.2) is 9.97 Å². The molecule has 3 aromatic heterocycles. The van der Waals surface area contributed by atoms with Gasteiger partial charge in [0.15, 0.2) is 5.82 Å². The van der Waals surface area contributed by atoms with Gasteiger partial charge in [0.05, 0.1) is 58.2 Å². The number of hydrogen-bond acceptors (Lipinski definition) is 17. The number of likely N-dealkylation sites (tertiary alicyclic amines) is 3. The van der Waals surface area contributed by atoms with Crippen molar-refractivity contribution in [2.45, 2.75) is 146 Å². The van der Waals surface area contributed by atoms with Crippen molar-refractivity contribution in [3.05, 3.63) is 125 Å². The summed E-state index contributed by atoms with van der Waals surface area (Å²) < 4.78 is 13.1. The summed E-state index contributed by atoms with van der Waals surface area (Å²) in [6.45, 7) is 11.8. The number of aromatic hydroxyl groups is 1. The number of para-hydroxylation sites is 1. The van der Waals surface area contributed by atoms with Crippen LogP contribution in [0.4, 0.5) is 17.2 Å². The van der Waals surface area contributed by atoms with Gasteiger partial charge in [0.2, 0.25) is 23.6 Å². The number of aromatic nitrogens is 4. The Kier molecular flexibility index (Phi) is 17.1. The average Bonchev–Trinajstić information content (AvgIpc) is 1.95. The van der Waals surface area contributed by atoms with E-state index < -0.39 is 30.1 Å². The molecule has 21 heteroatoms. The van der Waals surface area contributed by atoms with E-state index in [0.29, 0.717) is 54.1 Å². The van der Waals surface area contributed by atoms with Crippen LogP contribution in [0.1, 0.15) is 111 Å². The van der Waals surface area contributed by atoms with Crippen LogP contribution in [0.5, 0.6) is 11.6 Å². The Labute approximate surface area is 518 Å². The summed E-state index contributed by atoms with van der Waals surface area (Å²) in [7, 11) is 0. The van der Waals surface area contributed by atoms with E-state index in [2.05, 4.69) is 52.3 Å². The summed E-state index contributed by atoms with van der Waals surface area (Å²) in [6.07, 6.45) is 9.00. The summed E-state index contributed by atoms with van der Waals surface area (Å²) in [5, 5.41) is 33.3. The van der Waals surface area contributed by atoms with E-state index >= 15 is 0 Å². The van der Waals surface area contributed by atoms with Gasteiger partial charge in [-0.05, 0) is 104 Å². The van der Waals surface area contributed by atoms with E-state index in [9.17, 15) is 29.4 Å². The lowest BCUT2D eigenvalue weighted by molar-refractivity contribution is -0.144. The molecule has 5 N–H and O–H groups in total. The lowest BCUT2D eigenvalue weighted by Gasteiger charge is -2.43. The number of piperazine rings is 1.